The summed E-state index contributed by atoms with van der Waals surface area (Å²) in [5.74, 6) is -1.87. The summed E-state index contributed by atoms with van der Waals surface area (Å²) in [5, 5.41) is 14.3. The molecule has 2 aromatic heterocycles. The third-order valence-corrected chi connectivity index (χ3v) is 4.38. The molecular weight excluding hydrogens is 385 g/mol. The molecule has 0 aliphatic rings. The fraction of sp³-hybridized carbons (Fsp3) is 0. The summed E-state index contributed by atoms with van der Waals surface area (Å²) in [6, 6.07) is 19.3. The number of nitriles is 1. The molecule has 0 aliphatic carbocycles. The van der Waals surface area contributed by atoms with E-state index in [2.05, 4.69) is 15.6 Å². The van der Waals surface area contributed by atoms with Gasteiger partial charge in [0.2, 0.25) is 5.82 Å². The molecule has 4 aromatic rings. The zero-order chi connectivity index (χ0) is 21.1. The molecule has 2 amide bonds. The van der Waals surface area contributed by atoms with Crippen molar-refractivity contribution in [2.45, 2.75) is 0 Å². The Labute approximate surface area is 170 Å². The minimum Gasteiger partial charge on any atom is -0.318 e. The summed E-state index contributed by atoms with van der Waals surface area (Å²) in [4.78, 5) is 29.8. The molecule has 0 aliphatic heterocycles. The number of carbonyl (C=O) groups excluding carboxylic acids is 2. The highest BCUT2D eigenvalue weighted by atomic mass is 19.1. The lowest BCUT2D eigenvalue weighted by Gasteiger charge is -2.05. The number of anilines is 2. The molecule has 30 heavy (non-hydrogen) atoms. The van der Waals surface area contributed by atoms with Gasteiger partial charge in [-0.3, -0.25) is 14.0 Å². The van der Waals surface area contributed by atoms with Gasteiger partial charge in [0.25, 0.3) is 11.8 Å². The second-order valence-corrected chi connectivity index (χ2v) is 6.29. The highest BCUT2D eigenvalue weighted by molar-refractivity contribution is 6.10. The van der Waals surface area contributed by atoms with Gasteiger partial charge in [-0.05, 0) is 36.4 Å². The fourth-order valence-corrected chi connectivity index (χ4v) is 2.98. The average Bonchev–Trinajstić information content (AvgIpc) is 3.16. The molecule has 7 nitrogen and oxygen atoms in total. The Morgan fingerprint density at radius 2 is 1.57 bits per heavy atom. The predicted molar refractivity (Wildman–Crippen MR) is 109 cm³/mol. The topological polar surface area (TPSA) is 99.3 Å². The number of halogens is 1. The summed E-state index contributed by atoms with van der Waals surface area (Å²) in [6.45, 7) is 0. The Morgan fingerprint density at radius 1 is 0.900 bits per heavy atom. The van der Waals surface area contributed by atoms with Crippen LogP contribution < -0.4 is 10.6 Å². The van der Waals surface area contributed by atoms with E-state index in [1.807, 2.05) is 6.07 Å². The van der Waals surface area contributed by atoms with Gasteiger partial charge < -0.3 is 10.6 Å². The van der Waals surface area contributed by atoms with E-state index in [4.69, 9.17) is 0 Å². The van der Waals surface area contributed by atoms with Crippen molar-refractivity contribution < 1.29 is 14.0 Å². The number of hydrogen-bond donors (Lipinski definition) is 2. The molecule has 0 radical (unpaired) electrons. The number of fused-ring (bicyclic) bond motifs is 1. The van der Waals surface area contributed by atoms with Crippen molar-refractivity contribution in [3.8, 4) is 6.07 Å². The van der Waals surface area contributed by atoms with Crippen LogP contribution >= 0.6 is 0 Å². The van der Waals surface area contributed by atoms with E-state index in [0.29, 0.717) is 16.8 Å². The van der Waals surface area contributed by atoms with Crippen LogP contribution in [0.4, 0.5) is 15.8 Å². The average molecular weight is 399 g/mol. The van der Waals surface area contributed by atoms with Gasteiger partial charge in [0.15, 0.2) is 5.69 Å². The Kier molecular flexibility index (Phi) is 4.93. The first-order chi connectivity index (χ1) is 14.6. The standard InChI is InChI=1S/C22H14FN5O2/c23-15-8-2-4-10-17(15)26-21(29)19-18-11-5-6-12-28(18)20(27-19)22(30)25-16-9-3-1-7-14(16)13-24/h1-12H,(H,25,30)(H,26,29). The van der Waals surface area contributed by atoms with Crippen molar-refractivity contribution in [3.05, 3.63) is 95.8 Å². The van der Waals surface area contributed by atoms with Gasteiger partial charge in [-0.25, -0.2) is 9.37 Å². The lowest BCUT2D eigenvalue weighted by atomic mass is 10.2. The van der Waals surface area contributed by atoms with Crippen molar-refractivity contribution in [1.29, 1.82) is 5.26 Å². The van der Waals surface area contributed by atoms with Crippen molar-refractivity contribution in [2.75, 3.05) is 10.6 Å². The lowest BCUT2D eigenvalue weighted by molar-refractivity contribution is 0.101. The monoisotopic (exact) mass is 399 g/mol. The summed E-state index contributed by atoms with van der Waals surface area (Å²) in [6.07, 6.45) is 1.59. The molecule has 4 rings (SSSR count). The van der Waals surface area contributed by atoms with Gasteiger partial charge in [0, 0.05) is 6.20 Å². The molecule has 0 saturated carbocycles. The first-order valence-electron chi connectivity index (χ1n) is 8.92. The van der Waals surface area contributed by atoms with Crippen LogP contribution in [0.5, 0.6) is 0 Å². The van der Waals surface area contributed by atoms with Gasteiger partial charge in [0.1, 0.15) is 11.9 Å². The summed E-state index contributed by atoms with van der Waals surface area (Å²) in [5.41, 5.74) is 0.982. The first kappa shape index (κ1) is 18.8. The molecule has 2 N–H and O–H groups in total. The van der Waals surface area contributed by atoms with Gasteiger partial charge in [-0.2, -0.15) is 5.26 Å². The van der Waals surface area contributed by atoms with Crippen LogP contribution in [0, 0.1) is 17.1 Å². The fourth-order valence-electron chi connectivity index (χ4n) is 2.98. The number of amides is 2. The molecule has 0 bridgehead atoms. The third-order valence-electron chi connectivity index (χ3n) is 4.38. The minimum absolute atomic E-state index is 0.00790. The van der Waals surface area contributed by atoms with E-state index in [0.717, 1.165) is 0 Å². The largest absolute Gasteiger partial charge is 0.318 e. The normalized spacial score (nSPS) is 10.4. The van der Waals surface area contributed by atoms with Crippen LogP contribution in [-0.4, -0.2) is 21.2 Å². The van der Waals surface area contributed by atoms with Crippen molar-refractivity contribution in [3.63, 3.8) is 0 Å². The van der Waals surface area contributed by atoms with Crippen LogP contribution in [0.2, 0.25) is 0 Å². The van der Waals surface area contributed by atoms with Gasteiger partial charge in [-0.1, -0.05) is 30.3 Å². The third kappa shape index (κ3) is 3.47. The number of para-hydroxylation sites is 2. The smallest absolute Gasteiger partial charge is 0.292 e. The number of carbonyl (C=O) groups is 2. The highest BCUT2D eigenvalue weighted by Gasteiger charge is 2.22. The number of nitrogens with one attached hydrogen (secondary N) is 2. The molecule has 146 valence electrons. The maximum absolute atomic E-state index is 13.9. The number of rotatable bonds is 4. The second-order valence-electron chi connectivity index (χ2n) is 6.29. The van der Waals surface area contributed by atoms with Crippen molar-refractivity contribution in [1.82, 2.24) is 9.38 Å². The summed E-state index contributed by atoms with van der Waals surface area (Å²) in [7, 11) is 0. The van der Waals surface area contributed by atoms with Crippen molar-refractivity contribution in [2.24, 2.45) is 0 Å². The van der Waals surface area contributed by atoms with E-state index in [9.17, 15) is 19.2 Å². The summed E-state index contributed by atoms with van der Waals surface area (Å²) < 4.78 is 15.4. The van der Waals surface area contributed by atoms with E-state index in [-0.39, 0.29) is 17.2 Å². The number of nitrogens with zero attached hydrogens (tertiary/aromatic N) is 3. The number of benzene rings is 2. The van der Waals surface area contributed by atoms with Crippen LogP contribution in [0.3, 0.4) is 0 Å². The Morgan fingerprint density at radius 3 is 2.33 bits per heavy atom. The number of hydrogen-bond acceptors (Lipinski definition) is 4. The SMILES string of the molecule is N#Cc1ccccc1NC(=O)c1nc(C(=O)Nc2ccccc2F)c2ccccn12. The van der Waals surface area contributed by atoms with Gasteiger partial charge in [-0.15, -0.1) is 0 Å². The predicted octanol–water partition coefficient (Wildman–Crippen LogP) is 3.85. The number of pyridine rings is 1. The Hall–Kier alpha value is -4.51. The molecule has 0 atom stereocenters. The number of imidazole rings is 1. The zero-order valence-corrected chi connectivity index (χ0v) is 15.5. The molecular formula is C22H14FN5O2. The van der Waals surface area contributed by atoms with Crippen LogP contribution in [-0.2, 0) is 0 Å². The Balaban J connectivity index is 1.70. The lowest BCUT2D eigenvalue weighted by Crippen LogP contribution is -2.17. The second kappa shape index (κ2) is 7.85. The van der Waals surface area contributed by atoms with Crippen LogP contribution in [0.25, 0.3) is 5.52 Å². The maximum Gasteiger partial charge on any atom is 0.292 e. The van der Waals surface area contributed by atoms with Gasteiger partial charge in [0.05, 0.1) is 22.5 Å². The molecule has 0 saturated heterocycles. The van der Waals surface area contributed by atoms with Crippen LogP contribution in [0.1, 0.15) is 26.7 Å². The first-order valence-corrected chi connectivity index (χ1v) is 8.92. The highest BCUT2D eigenvalue weighted by Crippen LogP contribution is 2.19. The molecule has 2 heterocycles. The quantitative estimate of drug-likeness (QED) is 0.544. The molecule has 0 unspecified atom stereocenters. The Bertz CT molecular complexity index is 1320. The van der Waals surface area contributed by atoms with E-state index in [1.165, 1.54) is 22.6 Å². The van der Waals surface area contributed by atoms with E-state index < -0.39 is 17.6 Å². The zero-order valence-electron chi connectivity index (χ0n) is 15.5. The number of aromatic nitrogens is 2. The molecule has 0 spiro atoms. The van der Waals surface area contributed by atoms with Crippen LogP contribution in [0.15, 0.2) is 72.9 Å². The molecule has 2 aromatic carbocycles. The van der Waals surface area contributed by atoms with Gasteiger partial charge >= 0.3 is 0 Å². The van der Waals surface area contributed by atoms with E-state index in [1.54, 1.807) is 54.7 Å². The molecule has 8 heteroatoms. The summed E-state index contributed by atoms with van der Waals surface area (Å²) >= 11 is 0. The van der Waals surface area contributed by atoms with E-state index >= 15 is 0 Å². The maximum atomic E-state index is 13.9. The van der Waals surface area contributed by atoms with Crippen molar-refractivity contribution >= 4 is 28.7 Å². The molecule has 0 fully saturated rings. The minimum atomic E-state index is -0.653.